The first kappa shape index (κ1) is 13.5. The van der Waals surface area contributed by atoms with E-state index in [9.17, 15) is 17.2 Å². The van der Waals surface area contributed by atoms with Crippen LogP contribution in [0.15, 0.2) is 41.3 Å². The van der Waals surface area contributed by atoms with Gasteiger partial charge in [0.2, 0.25) is 0 Å². The molecule has 0 spiro atoms. The Hall–Kier alpha value is -1.95. The minimum Gasteiger partial charge on any atom is -0.394 e. The second-order valence-electron chi connectivity index (χ2n) is 4.12. The minimum absolute atomic E-state index is 0.124. The number of nitrogen functional groups attached to an aromatic ring is 1. The first-order chi connectivity index (χ1) is 8.80. The molecule has 2 rings (SSSR count). The van der Waals surface area contributed by atoms with Crippen LogP contribution in [0.25, 0.3) is 11.1 Å². The highest BCUT2D eigenvalue weighted by atomic mass is 32.2. The Bertz CT molecular complexity index is 725. The molecular formula is C13H11F2NO2S. The Balaban J connectivity index is 2.52. The molecule has 19 heavy (non-hydrogen) atoms. The summed E-state index contributed by atoms with van der Waals surface area (Å²) in [4.78, 5) is 0.131. The van der Waals surface area contributed by atoms with E-state index in [1.165, 1.54) is 30.3 Å². The van der Waals surface area contributed by atoms with Crippen LogP contribution in [0.3, 0.4) is 0 Å². The third kappa shape index (κ3) is 2.58. The lowest BCUT2D eigenvalue weighted by Crippen LogP contribution is -1.99. The maximum atomic E-state index is 13.8. The highest BCUT2D eigenvalue weighted by molar-refractivity contribution is 7.90. The molecule has 6 heteroatoms. The van der Waals surface area contributed by atoms with Crippen LogP contribution in [0.2, 0.25) is 0 Å². The molecule has 0 atom stereocenters. The maximum absolute atomic E-state index is 13.8. The summed E-state index contributed by atoms with van der Waals surface area (Å²) < 4.78 is 49.5. The number of benzene rings is 2. The van der Waals surface area contributed by atoms with Gasteiger partial charge in [-0.25, -0.2) is 17.2 Å². The maximum Gasteiger partial charge on any atom is 0.175 e. The fourth-order valence-corrected chi connectivity index (χ4v) is 2.30. The molecule has 0 saturated heterocycles. The molecule has 0 aliphatic rings. The number of hydrogen-bond acceptors (Lipinski definition) is 3. The lowest BCUT2D eigenvalue weighted by molar-refractivity contribution is 0.594. The van der Waals surface area contributed by atoms with Crippen molar-refractivity contribution in [3.8, 4) is 11.1 Å². The average molecular weight is 283 g/mol. The summed E-state index contributed by atoms with van der Waals surface area (Å²) >= 11 is 0. The lowest BCUT2D eigenvalue weighted by Gasteiger charge is -2.07. The number of sulfone groups is 1. The van der Waals surface area contributed by atoms with Crippen LogP contribution in [-0.4, -0.2) is 14.7 Å². The summed E-state index contributed by atoms with van der Waals surface area (Å²) in [6.45, 7) is 0. The van der Waals surface area contributed by atoms with Crippen molar-refractivity contribution >= 4 is 15.5 Å². The predicted octanol–water partition coefficient (Wildman–Crippen LogP) is 2.62. The van der Waals surface area contributed by atoms with Crippen LogP contribution in [0, 0.1) is 11.6 Å². The Morgan fingerprint density at radius 2 is 1.58 bits per heavy atom. The molecule has 3 nitrogen and oxygen atoms in total. The predicted molar refractivity (Wildman–Crippen MR) is 69.3 cm³/mol. The fourth-order valence-electron chi connectivity index (χ4n) is 1.67. The summed E-state index contributed by atoms with van der Waals surface area (Å²) in [5.74, 6) is -1.68. The normalized spacial score (nSPS) is 11.5. The van der Waals surface area contributed by atoms with Gasteiger partial charge in [-0.1, -0.05) is 12.1 Å². The van der Waals surface area contributed by atoms with Crippen molar-refractivity contribution in [3.63, 3.8) is 0 Å². The SMILES string of the molecule is CS(=O)(=O)c1ccc(-c2ccc(F)c(N)c2F)cc1. The minimum atomic E-state index is -3.31. The summed E-state index contributed by atoms with van der Waals surface area (Å²) in [5.41, 5.74) is 5.27. The Kier molecular flexibility index (Phi) is 3.28. The molecule has 0 heterocycles. The van der Waals surface area contributed by atoms with Crippen molar-refractivity contribution < 1.29 is 17.2 Å². The number of anilines is 1. The largest absolute Gasteiger partial charge is 0.394 e. The van der Waals surface area contributed by atoms with Crippen molar-refractivity contribution in [1.82, 2.24) is 0 Å². The van der Waals surface area contributed by atoms with E-state index in [0.717, 1.165) is 12.3 Å². The zero-order chi connectivity index (χ0) is 14.2. The van der Waals surface area contributed by atoms with Gasteiger partial charge in [0.25, 0.3) is 0 Å². The molecule has 0 radical (unpaired) electrons. The molecule has 2 aromatic rings. The molecule has 2 aromatic carbocycles. The zero-order valence-corrected chi connectivity index (χ0v) is 10.8. The zero-order valence-electron chi connectivity index (χ0n) is 10.0. The van der Waals surface area contributed by atoms with Gasteiger partial charge in [-0.2, -0.15) is 0 Å². The van der Waals surface area contributed by atoms with Gasteiger partial charge in [-0.3, -0.25) is 0 Å². The van der Waals surface area contributed by atoms with E-state index < -0.39 is 27.2 Å². The molecular weight excluding hydrogens is 272 g/mol. The standard InChI is InChI=1S/C13H11F2NO2S/c1-19(17,18)9-4-2-8(3-5-9)10-6-7-11(14)13(16)12(10)15/h2-7H,16H2,1H3. The first-order valence-corrected chi connectivity index (χ1v) is 7.24. The molecule has 0 aliphatic heterocycles. The number of hydrogen-bond donors (Lipinski definition) is 1. The number of halogens is 2. The van der Waals surface area contributed by atoms with Crippen molar-refractivity contribution in [2.75, 3.05) is 12.0 Å². The highest BCUT2D eigenvalue weighted by Gasteiger charge is 2.13. The second-order valence-corrected chi connectivity index (χ2v) is 6.13. The van der Waals surface area contributed by atoms with Gasteiger partial charge in [-0.05, 0) is 29.8 Å². The highest BCUT2D eigenvalue weighted by Crippen LogP contribution is 2.28. The van der Waals surface area contributed by atoms with Gasteiger partial charge >= 0.3 is 0 Å². The van der Waals surface area contributed by atoms with Crippen molar-refractivity contribution in [2.24, 2.45) is 0 Å². The quantitative estimate of drug-likeness (QED) is 0.862. The van der Waals surface area contributed by atoms with Crippen molar-refractivity contribution in [3.05, 3.63) is 48.0 Å². The van der Waals surface area contributed by atoms with Crippen molar-refractivity contribution in [2.45, 2.75) is 4.90 Å². The monoisotopic (exact) mass is 283 g/mol. The molecule has 0 aromatic heterocycles. The first-order valence-electron chi connectivity index (χ1n) is 5.34. The van der Waals surface area contributed by atoms with Gasteiger partial charge < -0.3 is 5.73 Å². The van der Waals surface area contributed by atoms with Gasteiger partial charge in [0.05, 0.1) is 4.90 Å². The van der Waals surface area contributed by atoms with E-state index >= 15 is 0 Å². The fraction of sp³-hybridized carbons (Fsp3) is 0.0769. The van der Waals surface area contributed by atoms with Gasteiger partial charge in [0, 0.05) is 11.8 Å². The van der Waals surface area contributed by atoms with E-state index in [1.807, 2.05) is 0 Å². The summed E-state index contributed by atoms with van der Waals surface area (Å²) in [5, 5.41) is 0. The number of nitrogens with two attached hydrogens (primary N) is 1. The molecule has 0 fully saturated rings. The van der Waals surface area contributed by atoms with E-state index in [1.54, 1.807) is 0 Å². The second kappa shape index (κ2) is 4.62. The third-order valence-electron chi connectivity index (χ3n) is 2.72. The van der Waals surface area contributed by atoms with Gasteiger partial charge in [-0.15, -0.1) is 0 Å². The average Bonchev–Trinajstić information content (AvgIpc) is 2.35. The lowest BCUT2D eigenvalue weighted by atomic mass is 10.0. The smallest absolute Gasteiger partial charge is 0.175 e. The number of rotatable bonds is 2. The van der Waals surface area contributed by atoms with Crippen LogP contribution in [0.4, 0.5) is 14.5 Å². The summed E-state index contributed by atoms with van der Waals surface area (Å²) in [6.07, 6.45) is 1.08. The van der Waals surface area contributed by atoms with Crippen LogP contribution >= 0.6 is 0 Å². The Morgan fingerprint density at radius 1 is 1.00 bits per heavy atom. The van der Waals surface area contributed by atoms with Gasteiger partial charge in [0.15, 0.2) is 15.7 Å². The Labute approximate surface area is 109 Å². The summed E-state index contributed by atoms with van der Waals surface area (Å²) in [7, 11) is -3.31. The molecule has 2 N–H and O–H groups in total. The van der Waals surface area contributed by atoms with Crippen molar-refractivity contribution in [1.29, 1.82) is 0 Å². The van der Waals surface area contributed by atoms with E-state index in [4.69, 9.17) is 5.73 Å². The van der Waals surface area contributed by atoms with Crippen LogP contribution in [-0.2, 0) is 9.84 Å². The summed E-state index contributed by atoms with van der Waals surface area (Å²) in [6, 6.07) is 7.96. The molecule has 0 bridgehead atoms. The Morgan fingerprint density at radius 3 is 2.11 bits per heavy atom. The van der Waals surface area contributed by atoms with Gasteiger partial charge in [0.1, 0.15) is 11.5 Å². The van der Waals surface area contributed by atoms with E-state index in [-0.39, 0.29) is 10.5 Å². The van der Waals surface area contributed by atoms with Crippen LogP contribution in [0.5, 0.6) is 0 Å². The molecule has 0 unspecified atom stereocenters. The molecule has 0 saturated carbocycles. The third-order valence-corrected chi connectivity index (χ3v) is 3.85. The van der Waals surface area contributed by atoms with E-state index in [2.05, 4.69) is 0 Å². The molecule has 0 amide bonds. The van der Waals surface area contributed by atoms with Crippen LogP contribution < -0.4 is 5.73 Å². The molecule has 0 aliphatic carbocycles. The van der Waals surface area contributed by atoms with Crippen LogP contribution in [0.1, 0.15) is 0 Å². The topological polar surface area (TPSA) is 60.2 Å². The van der Waals surface area contributed by atoms with E-state index in [0.29, 0.717) is 5.56 Å². The molecule has 100 valence electrons.